The van der Waals surface area contributed by atoms with Gasteiger partial charge in [0.15, 0.2) is 0 Å². The standard InChI is InChI=1S/C40H45N3O4/c1-4-47-39-12-8-6-10-36(39)30-15-18-37-33(25-30)26-31(19-22-43(37)28-32-9-5-7-11-38(32)45-3)40(44)41-34-16-13-29(14-17-34)27-42(2)35-20-23-46-24-21-35/h5-18,25-26,35H,4,19-24,27-28H2,1-3H3,(H,41,44). The molecule has 2 heterocycles. The molecule has 47 heavy (non-hydrogen) atoms. The number of hydrogen-bond donors (Lipinski definition) is 1. The highest BCUT2D eigenvalue weighted by molar-refractivity contribution is 6.07. The highest BCUT2D eigenvalue weighted by atomic mass is 16.5. The van der Waals surface area contributed by atoms with Gasteiger partial charge in [-0.1, -0.05) is 54.6 Å². The molecule has 0 saturated carbocycles. The van der Waals surface area contributed by atoms with Gasteiger partial charge in [0.2, 0.25) is 0 Å². The lowest BCUT2D eigenvalue weighted by molar-refractivity contribution is -0.112. The summed E-state index contributed by atoms with van der Waals surface area (Å²) in [5.74, 6) is 1.62. The van der Waals surface area contributed by atoms with Crippen LogP contribution in [0.15, 0.2) is 96.6 Å². The van der Waals surface area contributed by atoms with Gasteiger partial charge < -0.3 is 24.4 Å². The molecule has 0 bridgehead atoms. The fourth-order valence-corrected chi connectivity index (χ4v) is 6.58. The van der Waals surface area contributed by atoms with Crippen molar-refractivity contribution >= 4 is 23.4 Å². The number of nitrogens with zero attached hydrogens (tertiary/aromatic N) is 2. The number of ether oxygens (including phenoxy) is 3. The predicted octanol–water partition coefficient (Wildman–Crippen LogP) is 7.80. The maximum atomic E-state index is 13.8. The number of rotatable bonds is 11. The van der Waals surface area contributed by atoms with Gasteiger partial charge in [-0.25, -0.2) is 0 Å². The van der Waals surface area contributed by atoms with Crippen LogP contribution in [-0.2, 0) is 22.6 Å². The molecule has 0 unspecified atom stereocenters. The summed E-state index contributed by atoms with van der Waals surface area (Å²) in [6.07, 6.45) is 4.80. The first-order valence-electron chi connectivity index (χ1n) is 16.6. The van der Waals surface area contributed by atoms with Crippen molar-refractivity contribution in [3.05, 3.63) is 113 Å². The summed E-state index contributed by atoms with van der Waals surface area (Å²) in [6.45, 7) is 6.48. The van der Waals surface area contributed by atoms with Crippen molar-refractivity contribution in [2.45, 2.75) is 45.3 Å². The third-order valence-corrected chi connectivity index (χ3v) is 9.15. The zero-order valence-corrected chi connectivity index (χ0v) is 27.7. The van der Waals surface area contributed by atoms with Crippen LogP contribution in [0, 0.1) is 0 Å². The van der Waals surface area contributed by atoms with Gasteiger partial charge in [-0.3, -0.25) is 9.69 Å². The summed E-state index contributed by atoms with van der Waals surface area (Å²) in [7, 11) is 3.89. The monoisotopic (exact) mass is 631 g/mol. The first-order chi connectivity index (χ1) is 23.0. The molecule has 1 fully saturated rings. The highest BCUT2D eigenvalue weighted by Gasteiger charge is 2.22. The molecule has 7 nitrogen and oxygen atoms in total. The van der Waals surface area contributed by atoms with Gasteiger partial charge >= 0.3 is 0 Å². The first kappa shape index (κ1) is 32.4. The SMILES string of the molecule is CCOc1ccccc1-c1ccc2c(c1)C=C(C(=O)Nc1ccc(CN(C)C3CCOCC3)cc1)CCN2Cc1ccccc1OC. The molecule has 0 aliphatic carbocycles. The molecule has 0 atom stereocenters. The summed E-state index contributed by atoms with van der Waals surface area (Å²) >= 11 is 0. The highest BCUT2D eigenvalue weighted by Crippen LogP contribution is 2.37. The Labute approximate surface area is 278 Å². The second-order valence-corrected chi connectivity index (χ2v) is 12.3. The summed E-state index contributed by atoms with van der Waals surface area (Å²) < 4.78 is 17.2. The fraction of sp³-hybridized carbons (Fsp3) is 0.325. The van der Waals surface area contributed by atoms with E-state index in [1.54, 1.807) is 7.11 Å². The third kappa shape index (κ3) is 7.87. The van der Waals surface area contributed by atoms with Crippen molar-refractivity contribution in [3.63, 3.8) is 0 Å². The second kappa shape index (κ2) is 15.3. The molecule has 2 aliphatic rings. The van der Waals surface area contributed by atoms with Crippen LogP contribution in [-0.4, -0.2) is 57.4 Å². The minimum Gasteiger partial charge on any atom is -0.496 e. The second-order valence-electron chi connectivity index (χ2n) is 12.3. The molecule has 1 N–H and O–H groups in total. The van der Waals surface area contributed by atoms with E-state index in [1.165, 1.54) is 5.56 Å². The Hall–Kier alpha value is -4.59. The Balaban J connectivity index is 1.25. The van der Waals surface area contributed by atoms with Crippen molar-refractivity contribution in [1.82, 2.24) is 4.90 Å². The van der Waals surface area contributed by atoms with Crippen molar-refractivity contribution in [3.8, 4) is 22.6 Å². The molecular weight excluding hydrogens is 586 g/mol. The molecule has 1 amide bonds. The smallest absolute Gasteiger partial charge is 0.251 e. The predicted molar refractivity (Wildman–Crippen MR) is 190 cm³/mol. The minimum absolute atomic E-state index is 0.0812. The van der Waals surface area contributed by atoms with E-state index in [9.17, 15) is 4.79 Å². The lowest BCUT2D eigenvalue weighted by Gasteiger charge is -2.31. The van der Waals surface area contributed by atoms with Gasteiger partial charge in [0.05, 0.1) is 13.7 Å². The largest absolute Gasteiger partial charge is 0.496 e. The zero-order chi connectivity index (χ0) is 32.6. The molecule has 1 saturated heterocycles. The quantitative estimate of drug-likeness (QED) is 0.182. The molecule has 7 heteroatoms. The molecule has 0 radical (unpaired) electrons. The summed E-state index contributed by atoms with van der Waals surface area (Å²) in [6, 6.07) is 31.5. The number of carbonyl (C=O) groups is 1. The maximum Gasteiger partial charge on any atom is 0.251 e. The van der Waals surface area contributed by atoms with E-state index in [2.05, 4.69) is 70.7 Å². The van der Waals surface area contributed by atoms with Gasteiger partial charge in [-0.05, 0) is 92.4 Å². The van der Waals surface area contributed by atoms with E-state index in [1.807, 2.05) is 55.5 Å². The van der Waals surface area contributed by atoms with Crippen LogP contribution in [0.1, 0.15) is 42.9 Å². The molecule has 2 aliphatic heterocycles. The average Bonchev–Trinajstić information content (AvgIpc) is 3.29. The number of para-hydroxylation sites is 2. The summed E-state index contributed by atoms with van der Waals surface area (Å²) in [4.78, 5) is 18.5. The van der Waals surface area contributed by atoms with Gasteiger partial charge in [0.1, 0.15) is 11.5 Å². The Kier molecular flexibility index (Phi) is 10.6. The number of methoxy groups -OCH3 is 1. The van der Waals surface area contributed by atoms with Crippen LogP contribution in [0.2, 0.25) is 0 Å². The molecule has 0 aromatic heterocycles. The maximum absolute atomic E-state index is 13.8. The normalized spacial score (nSPS) is 15.1. The van der Waals surface area contributed by atoms with Crippen molar-refractivity contribution in [2.75, 3.05) is 50.7 Å². The van der Waals surface area contributed by atoms with E-state index >= 15 is 0 Å². The Morgan fingerprint density at radius 2 is 1.70 bits per heavy atom. The van der Waals surface area contributed by atoms with Crippen LogP contribution in [0.5, 0.6) is 11.5 Å². The van der Waals surface area contributed by atoms with Gasteiger partial charge in [0.25, 0.3) is 5.91 Å². The fourth-order valence-electron chi connectivity index (χ4n) is 6.58. The van der Waals surface area contributed by atoms with E-state index in [0.717, 1.165) is 83.3 Å². The van der Waals surface area contributed by atoms with Gasteiger partial charge in [-0.2, -0.15) is 0 Å². The summed E-state index contributed by atoms with van der Waals surface area (Å²) in [5, 5.41) is 3.17. The van der Waals surface area contributed by atoms with Crippen molar-refractivity contribution in [2.24, 2.45) is 0 Å². The molecular formula is C40H45N3O4. The number of hydrogen-bond acceptors (Lipinski definition) is 6. The number of benzene rings is 4. The Morgan fingerprint density at radius 3 is 2.47 bits per heavy atom. The average molecular weight is 632 g/mol. The van der Waals surface area contributed by atoms with Crippen molar-refractivity contribution in [1.29, 1.82) is 0 Å². The molecule has 0 spiro atoms. The molecule has 6 rings (SSSR count). The van der Waals surface area contributed by atoms with E-state index in [4.69, 9.17) is 14.2 Å². The van der Waals surface area contributed by atoms with Crippen molar-refractivity contribution < 1.29 is 19.0 Å². The number of fused-ring (bicyclic) bond motifs is 1. The number of carbonyl (C=O) groups excluding carboxylic acids is 1. The van der Waals surface area contributed by atoms with Crippen LogP contribution in [0.3, 0.4) is 0 Å². The molecule has 4 aromatic rings. The number of nitrogens with one attached hydrogen (secondary N) is 1. The Bertz CT molecular complexity index is 1690. The van der Waals surface area contributed by atoms with Crippen LogP contribution < -0.4 is 19.7 Å². The third-order valence-electron chi connectivity index (χ3n) is 9.15. The molecule has 4 aromatic carbocycles. The number of anilines is 2. The molecule has 244 valence electrons. The van der Waals surface area contributed by atoms with E-state index in [0.29, 0.717) is 32.2 Å². The Morgan fingerprint density at radius 1 is 0.957 bits per heavy atom. The minimum atomic E-state index is -0.0812. The number of amides is 1. The van der Waals surface area contributed by atoms with Crippen LogP contribution >= 0.6 is 0 Å². The first-order valence-corrected chi connectivity index (χ1v) is 16.6. The summed E-state index contributed by atoms with van der Waals surface area (Å²) in [5.41, 5.74) is 8.01. The lowest BCUT2D eigenvalue weighted by Crippen LogP contribution is -2.36. The lowest BCUT2D eigenvalue weighted by atomic mass is 9.99. The van der Waals surface area contributed by atoms with E-state index < -0.39 is 0 Å². The van der Waals surface area contributed by atoms with Gasteiger partial charge in [0, 0.05) is 67.0 Å². The zero-order valence-electron chi connectivity index (χ0n) is 27.7. The topological polar surface area (TPSA) is 63.3 Å². The van der Waals surface area contributed by atoms with Gasteiger partial charge in [-0.15, -0.1) is 0 Å². The van der Waals surface area contributed by atoms with Crippen LogP contribution in [0.4, 0.5) is 11.4 Å². The van der Waals surface area contributed by atoms with Crippen LogP contribution in [0.25, 0.3) is 17.2 Å². The van der Waals surface area contributed by atoms with E-state index in [-0.39, 0.29) is 5.91 Å².